The molecular weight excluding hydrogens is 454 g/mol. The standard InChI is InChI=1S/C26H22ClN3O4/c1-17-4-3-5-22(12-17)29-25(31)16-34-23-11-6-18(14-24(23)33-2)13-19(15-28)26(32)30-21-9-7-20(27)8-10-21/h3-14H,16H2,1-2H3,(H,29,31)(H,30,32)/b19-13+. The van der Waals surface area contributed by atoms with Gasteiger partial charge in [-0.25, -0.2) is 0 Å². The minimum Gasteiger partial charge on any atom is -0.493 e. The largest absolute Gasteiger partial charge is 0.493 e. The van der Waals surface area contributed by atoms with E-state index < -0.39 is 5.91 Å². The van der Waals surface area contributed by atoms with E-state index in [0.29, 0.717) is 33.5 Å². The summed E-state index contributed by atoms with van der Waals surface area (Å²) in [6.07, 6.45) is 1.43. The molecule has 8 heteroatoms. The van der Waals surface area contributed by atoms with Crippen LogP contribution >= 0.6 is 11.6 Å². The predicted molar refractivity (Wildman–Crippen MR) is 132 cm³/mol. The molecule has 7 nitrogen and oxygen atoms in total. The van der Waals surface area contributed by atoms with Gasteiger partial charge < -0.3 is 20.1 Å². The molecule has 3 aromatic carbocycles. The van der Waals surface area contributed by atoms with Crippen LogP contribution in [0.2, 0.25) is 5.02 Å². The van der Waals surface area contributed by atoms with Gasteiger partial charge in [0.25, 0.3) is 11.8 Å². The Balaban J connectivity index is 1.67. The minimum atomic E-state index is -0.558. The Morgan fingerprint density at radius 3 is 2.44 bits per heavy atom. The molecule has 3 aromatic rings. The van der Waals surface area contributed by atoms with Crippen LogP contribution in [0.3, 0.4) is 0 Å². The van der Waals surface area contributed by atoms with E-state index >= 15 is 0 Å². The van der Waals surface area contributed by atoms with Crippen molar-refractivity contribution in [1.82, 2.24) is 0 Å². The monoisotopic (exact) mass is 475 g/mol. The smallest absolute Gasteiger partial charge is 0.266 e. The normalized spacial score (nSPS) is 10.7. The third kappa shape index (κ3) is 6.86. The number of benzene rings is 3. The Bertz CT molecular complexity index is 1260. The average Bonchev–Trinajstić information content (AvgIpc) is 2.82. The maximum atomic E-state index is 12.5. The van der Waals surface area contributed by atoms with Gasteiger partial charge in [0.1, 0.15) is 11.6 Å². The number of nitrogens with one attached hydrogen (secondary N) is 2. The van der Waals surface area contributed by atoms with Crippen molar-refractivity contribution in [3.8, 4) is 17.6 Å². The molecule has 0 aliphatic rings. The zero-order chi connectivity index (χ0) is 24.5. The molecule has 0 aliphatic carbocycles. The van der Waals surface area contributed by atoms with E-state index in [4.69, 9.17) is 21.1 Å². The first kappa shape index (κ1) is 24.4. The number of anilines is 2. The van der Waals surface area contributed by atoms with Gasteiger partial charge in [0, 0.05) is 16.4 Å². The van der Waals surface area contributed by atoms with Gasteiger partial charge >= 0.3 is 0 Å². The SMILES string of the molecule is COc1cc(/C=C(\C#N)C(=O)Nc2ccc(Cl)cc2)ccc1OCC(=O)Nc1cccc(C)c1. The van der Waals surface area contributed by atoms with Gasteiger partial charge in [-0.2, -0.15) is 5.26 Å². The summed E-state index contributed by atoms with van der Waals surface area (Å²) in [5, 5.41) is 15.4. The molecule has 0 aliphatic heterocycles. The van der Waals surface area contributed by atoms with Crippen molar-refractivity contribution >= 4 is 40.9 Å². The molecule has 0 atom stereocenters. The van der Waals surface area contributed by atoms with E-state index in [2.05, 4.69) is 10.6 Å². The van der Waals surface area contributed by atoms with Crippen molar-refractivity contribution in [3.05, 3.63) is 88.5 Å². The van der Waals surface area contributed by atoms with Gasteiger partial charge in [-0.15, -0.1) is 0 Å². The first-order chi connectivity index (χ1) is 16.4. The molecule has 2 N–H and O–H groups in total. The highest BCUT2D eigenvalue weighted by atomic mass is 35.5. The van der Waals surface area contributed by atoms with Crippen LogP contribution in [0, 0.1) is 18.3 Å². The van der Waals surface area contributed by atoms with Gasteiger partial charge in [0.05, 0.1) is 7.11 Å². The molecule has 0 radical (unpaired) electrons. The fourth-order valence-corrected chi connectivity index (χ4v) is 3.13. The number of hydrogen-bond donors (Lipinski definition) is 2. The molecule has 0 saturated heterocycles. The summed E-state index contributed by atoms with van der Waals surface area (Å²) < 4.78 is 11.0. The van der Waals surface area contributed by atoms with Gasteiger partial charge in [-0.1, -0.05) is 29.8 Å². The number of halogens is 1. The number of aryl methyl sites for hydroxylation is 1. The number of carbonyl (C=O) groups excluding carboxylic acids is 2. The second kappa shape index (κ2) is 11.5. The van der Waals surface area contributed by atoms with Crippen LogP contribution in [-0.4, -0.2) is 25.5 Å². The predicted octanol–water partition coefficient (Wildman–Crippen LogP) is 5.22. The Kier molecular flexibility index (Phi) is 8.27. The number of nitrogens with zero attached hydrogens (tertiary/aromatic N) is 1. The first-order valence-corrected chi connectivity index (χ1v) is 10.6. The lowest BCUT2D eigenvalue weighted by molar-refractivity contribution is -0.118. The molecule has 0 heterocycles. The summed E-state index contributed by atoms with van der Waals surface area (Å²) in [4.78, 5) is 24.7. The van der Waals surface area contributed by atoms with Crippen LogP contribution in [0.4, 0.5) is 11.4 Å². The highest BCUT2D eigenvalue weighted by Crippen LogP contribution is 2.29. The van der Waals surface area contributed by atoms with E-state index in [1.54, 1.807) is 48.5 Å². The maximum absolute atomic E-state index is 12.5. The molecule has 0 saturated carbocycles. The summed E-state index contributed by atoms with van der Waals surface area (Å²) in [6, 6.07) is 20.8. The third-order valence-corrected chi connectivity index (χ3v) is 4.88. The Morgan fingerprint density at radius 2 is 1.76 bits per heavy atom. The van der Waals surface area contributed by atoms with Crippen LogP contribution in [0.15, 0.2) is 72.3 Å². The Labute approximate surface area is 202 Å². The van der Waals surface area contributed by atoms with E-state index in [1.165, 1.54) is 13.2 Å². The zero-order valence-corrected chi connectivity index (χ0v) is 19.3. The highest BCUT2D eigenvalue weighted by Gasteiger charge is 2.12. The lowest BCUT2D eigenvalue weighted by Gasteiger charge is -2.12. The lowest BCUT2D eigenvalue weighted by atomic mass is 10.1. The van der Waals surface area contributed by atoms with Crippen molar-refractivity contribution in [1.29, 1.82) is 5.26 Å². The summed E-state index contributed by atoms with van der Waals surface area (Å²) in [7, 11) is 1.46. The van der Waals surface area contributed by atoms with Gasteiger partial charge in [0.2, 0.25) is 0 Å². The van der Waals surface area contributed by atoms with Crippen molar-refractivity contribution in [2.45, 2.75) is 6.92 Å². The summed E-state index contributed by atoms with van der Waals surface area (Å²) in [5.41, 5.74) is 2.69. The van der Waals surface area contributed by atoms with E-state index in [1.807, 2.05) is 31.2 Å². The second-order valence-corrected chi connectivity index (χ2v) is 7.68. The number of methoxy groups -OCH3 is 1. The van der Waals surface area contributed by atoms with Crippen LogP contribution in [0.5, 0.6) is 11.5 Å². The molecule has 0 aromatic heterocycles. The summed E-state index contributed by atoms with van der Waals surface area (Å²) in [6.45, 7) is 1.72. The second-order valence-electron chi connectivity index (χ2n) is 7.25. The molecular formula is C26H22ClN3O4. The molecule has 0 fully saturated rings. The van der Waals surface area contributed by atoms with Crippen LogP contribution in [-0.2, 0) is 9.59 Å². The molecule has 2 amide bonds. The summed E-state index contributed by atoms with van der Waals surface area (Å²) in [5.74, 6) is -0.171. The number of rotatable bonds is 8. The first-order valence-electron chi connectivity index (χ1n) is 10.2. The highest BCUT2D eigenvalue weighted by molar-refractivity contribution is 6.30. The van der Waals surface area contributed by atoms with Crippen molar-refractivity contribution in [2.24, 2.45) is 0 Å². The molecule has 172 valence electrons. The van der Waals surface area contributed by atoms with E-state index in [-0.39, 0.29) is 18.1 Å². The fourth-order valence-electron chi connectivity index (χ4n) is 3.00. The molecule has 0 spiro atoms. The van der Waals surface area contributed by atoms with Crippen LogP contribution < -0.4 is 20.1 Å². The zero-order valence-electron chi connectivity index (χ0n) is 18.6. The van der Waals surface area contributed by atoms with E-state index in [0.717, 1.165) is 5.56 Å². The van der Waals surface area contributed by atoms with Crippen molar-refractivity contribution in [3.63, 3.8) is 0 Å². The quantitative estimate of drug-likeness (QED) is 0.343. The van der Waals surface area contributed by atoms with Crippen molar-refractivity contribution in [2.75, 3.05) is 24.4 Å². The average molecular weight is 476 g/mol. The van der Waals surface area contributed by atoms with Gasteiger partial charge in [0.15, 0.2) is 18.1 Å². The van der Waals surface area contributed by atoms with Gasteiger partial charge in [-0.3, -0.25) is 9.59 Å². The van der Waals surface area contributed by atoms with Crippen LogP contribution in [0.25, 0.3) is 6.08 Å². The molecule has 34 heavy (non-hydrogen) atoms. The third-order valence-electron chi connectivity index (χ3n) is 4.63. The van der Waals surface area contributed by atoms with Gasteiger partial charge in [-0.05, 0) is 72.7 Å². The number of nitriles is 1. The number of amides is 2. The number of ether oxygens (including phenoxy) is 2. The fraction of sp³-hybridized carbons (Fsp3) is 0.115. The Morgan fingerprint density at radius 1 is 1.00 bits per heavy atom. The number of carbonyl (C=O) groups is 2. The minimum absolute atomic E-state index is 0.0943. The van der Waals surface area contributed by atoms with Crippen molar-refractivity contribution < 1.29 is 19.1 Å². The topological polar surface area (TPSA) is 100 Å². The van der Waals surface area contributed by atoms with Crippen LogP contribution in [0.1, 0.15) is 11.1 Å². The molecule has 0 unspecified atom stereocenters. The molecule has 0 bridgehead atoms. The summed E-state index contributed by atoms with van der Waals surface area (Å²) >= 11 is 5.85. The maximum Gasteiger partial charge on any atom is 0.266 e. The Hall–Kier alpha value is -4.28. The lowest BCUT2D eigenvalue weighted by Crippen LogP contribution is -2.20. The molecule has 3 rings (SSSR count). The number of hydrogen-bond acceptors (Lipinski definition) is 5. The van der Waals surface area contributed by atoms with E-state index in [9.17, 15) is 14.9 Å².